The Balaban J connectivity index is 1.97. The highest BCUT2D eigenvalue weighted by atomic mass is 16.5. The first kappa shape index (κ1) is 31.9. The SMILES string of the molecule is CCCC(C)(C)CC[C@@](C)(CC[C@]1(C)C[C@@H](O)C[C@@H]2[C@@]3(C)C=C(C#N)C(=O)C(C)(C)[C@@H]3CC[C@]21C)C(=O)OC. The van der Waals surface area contributed by atoms with Gasteiger partial charge in [0.05, 0.1) is 24.2 Å². The van der Waals surface area contributed by atoms with Crippen molar-refractivity contribution in [3.8, 4) is 6.07 Å². The summed E-state index contributed by atoms with van der Waals surface area (Å²) >= 11 is 0. The van der Waals surface area contributed by atoms with E-state index in [1.165, 1.54) is 7.11 Å². The van der Waals surface area contributed by atoms with Gasteiger partial charge in [-0.05, 0) is 98.2 Å². The molecule has 2 fully saturated rings. The highest BCUT2D eigenvalue weighted by Crippen LogP contribution is 2.71. The van der Waals surface area contributed by atoms with Gasteiger partial charge in [-0.1, -0.05) is 67.9 Å². The largest absolute Gasteiger partial charge is 0.469 e. The Morgan fingerprint density at radius 3 is 2.31 bits per heavy atom. The van der Waals surface area contributed by atoms with Gasteiger partial charge in [0.25, 0.3) is 0 Å². The number of carbonyl (C=O) groups is 2. The van der Waals surface area contributed by atoms with Crippen molar-refractivity contribution in [2.75, 3.05) is 7.11 Å². The summed E-state index contributed by atoms with van der Waals surface area (Å²) < 4.78 is 5.35. The van der Waals surface area contributed by atoms with Gasteiger partial charge in [0.2, 0.25) is 0 Å². The lowest BCUT2D eigenvalue weighted by molar-refractivity contribution is -0.189. The summed E-state index contributed by atoms with van der Waals surface area (Å²) in [5.41, 5.74) is -1.37. The Labute approximate surface area is 238 Å². The van der Waals surface area contributed by atoms with Gasteiger partial charge in [-0.3, -0.25) is 9.59 Å². The third kappa shape index (κ3) is 5.37. The minimum Gasteiger partial charge on any atom is -0.469 e. The van der Waals surface area contributed by atoms with Crippen LogP contribution in [-0.2, 0) is 14.3 Å². The van der Waals surface area contributed by atoms with E-state index in [2.05, 4.69) is 54.5 Å². The van der Waals surface area contributed by atoms with Crippen molar-refractivity contribution < 1.29 is 19.4 Å². The zero-order valence-corrected chi connectivity index (χ0v) is 26.5. The molecule has 0 aromatic heterocycles. The second-order valence-corrected chi connectivity index (χ2v) is 15.8. The summed E-state index contributed by atoms with van der Waals surface area (Å²) in [6, 6.07) is 2.20. The Morgan fingerprint density at radius 1 is 1.10 bits per heavy atom. The van der Waals surface area contributed by atoms with Crippen LogP contribution in [-0.4, -0.2) is 30.1 Å². The van der Waals surface area contributed by atoms with Crippen LogP contribution in [0.5, 0.6) is 0 Å². The van der Waals surface area contributed by atoms with E-state index < -0.39 is 16.9 Å². The first-order chi connectivity index (χ1) is 17.9. The molecule has 3 aliphatic rings. The normalized spacial score (nSPS) is 37.5. The van der Waals surface area contributed by atoms with Crippen molar-refractivity contribution in [2.45, 2.75) is 133 Å². The molecular formula is C34H55NO4. The van der Waals surface area contributed by atoms with Crippen LogP contribution in [0.1, 0.15) is 127 Å². The van der Waals surface area contributed by atoms with Crippen molar-refractivity contribution in [2.24, 2.45) is 44.3 Å². The van der Waals surface area contributed by atoms with E-state index in [0.29, 0.717) is 12.8 Å². The number of allylic oxidation sites excluding steroid dienone is 2. The molecule has 5 heteroatoms. The maximum absolute atomic E-state index is 13.2. The maximum atomic E-state index is 13.2. The van der Waals surface area contributed by atoms with E-state index in [1.807, 2.05) is 19.9 Å². The van der Waals surface area contributed by atoms with E-state index in [4.69, 9.17) is 4.74 Å². The van der Waals surface area contributed by atoms with Crippen LogP contribution in [0.4, 0.5) is 0 Å². The number of methoxy groups -OCH3 is 1. The summed E-state index contributed by atoms with van der Waals surface area (Å²) in [7, 11) is 1.49. The second-order valence-electron chi connectivity index (χ2n) is 15.8. The van der Waals surface area contributed by atoms with Gasteiger partial charge in [0.15, 0.2) is 5.78 Å². The molecule has 0 unspecified atom stereocenters. The molecule has 220 valence electrons. The molecule has 39 heavy (non-hydrogen) atoms. The standard InChI is InChI=1S/C34H55NO4/c1-11-13-29(2,3)15-16-31(6,28(38)39-10)17-18-32(7)21-24(36)19-26-33(8)20-23(22-35)27(37)30(4,5)25(33)12-14-34(26,32)9/h20,24-26,36H,11-19,21H2,1-10H3/t24-,25-,26+,31-,32+,33-,34+/m0/s1. The Morgan fingerprint density at radius 2 is 1.74 bits per heavy atom. The minimum atomic E-state index is -0.608. The Bertz CT molecular complexity index is 1040. The van der Waals surface area contributed by atoms with Gasteiger partial charge in [0, 0.05) is 5.41 Å². The van der Waals surface area contributed by atoms with Crippen LogP contribution < -0.4 is 0 Å². The number of rotatable bonds is 9. The monoisotopic (exact) mass is 541 g/mol. The number of fused-ring (bicyclic) bond motifs is 3. The molecule has 3 aliphatic carbocycles. The van der Waals surface area contributed by atoms with Crippen LogP contribution in [0.2, 0.25) is 0 Å². The number of hydrogen-bond acceptors (Lipinski definition) is 5. The molecule has 0 aromatic rings. The fourth-order valence-corrected chi connectivity index (χ4v) is 9.44. The van der Waals surface area contributed by atoms with E-state index >= 15 is 0 Å². The molecule has 7 atom stereocenters. The van der Waals surface area contributed by atoms with Crippen LogP contribution in [0, 0.1) is 55.7 Å². The fraction of sp³-hybridized carbons (Fsp3) is 0.853. The smallest absolute Gasteiger partial charge is 0.311 e. The molecule has 0 aliphatic heterocycles. The zero-order valence-electron chi connectivity index (χ0n) is 26.5. The molecule has 1 N–H and O–H groups in total. The third-order valence-corrected chi connectivity index (χ3v) is 12.3. The third-order valence-electron chi connectivity index (χ3n) is 12.3. The molecule has 0 aromatic carbocycles. The number of carbonyl (C=O) groups excluding carboxylic acids is 2. The minimum absolute atomic E-state index is 0.0463. The summed E-state index contributed by atoms with van der Waals surface area (Å²) in [4.78, 5) is 26.4. The van der Waals surface area contributed by atoms with Crippen molar-refractivity contribution >= 4 is 11.8 Å². The lowest BCUT2D eigenvalue weighted by Gasteiger charge is -2.67. The molecule has 0 spiro atoms. The highest BCUT2D eigenvalue weighted by molar-refractivity contribution is 6.04. The average Bonchev–Trinajstić information content (AvgIpc) is 2.85. The van der Waals surface area contributed by atoms with Crippen LogP contribution in [0.3, 0.4) is 0 Å². The lowest BCUT2D eigenvalue weighted by atomic mass is 9.37. The number of esters is 1. The molecule has 3 rings (SSSR count). The van der Waals surface area contributed by atoms with E-state index in [-0.39, 0.29) is 50.8 Å². The first-order valence-corrected chi connectivity index (χ1v) is 15.3. The number of nitriles is 1. The molecule has 0 heterocycles. The summed E-state index contributed by atoms with van der Waals surface area (Å²) in [6.45, 7) is 19.8. The van der Waals surface area contributed by atoms with Gasteiger partial charge >= 0.3 is 5.97 Å². The molecule has 0 saturated heterocycles. The number of nitrogens with zero attached hydrogens (tertiary/aromatic N) is 1. The number of hydrogen-bond donors (Lipinski definition) is 1. The van der Waals surface area contributed by atoms with Crippen molar-refractivity contribution in [1.29, 1.82) is 5.26 Å². The number of ketones is 1. The lowest BCUT2D eigenvalue weighted by Crippen LogP contribution is -2.63. The Hall–Kier alpha value is -1.67. The van der Waals surface area contributed by atoms with Crippen molar-refractivity contribution in [3.05, 3.63) is 11.6 Å². The molecule has 0 bridgehead atoms. The van der Waals surface area contributed by atoms with Gasteiger partial charge < -0.3 is 9.84 Å². The highest BCUT2D eigenvalue weighted by Gasteiger charge is 2.66. The van der Waals surface area contributed by atoms with Gasteiger partial charge in [-0.15, -0.1) is 0 Å². The molecule has 0 radical (unpaired) electrons. The maximum Gasteiger partial charge on any atom is 0.311 e. The molecule has 2 saturated carbocycles. The predicted octanol–water partition coefficient (Wildman–Crippen LogP) is 7.81. The molecule has 5 nitrogen and oxygen atoms in total. The van der Waals surface area contributed by atoms with Gasteiger partial charge in [-0.25, -0.2) is 0 Å². The van der Waals surface area contributed by atoms with E-state index in [1.54, 1.807) is 0 Å². The van der Waals surface area contributed by atoms with Crippen molar-refractivity contribution in [1.82, 2.24) is 0 Å². The number of ether oxygens (including phenoxy) is 1. The fourth-order valence-electron chi connectivity index (χ4n) is 9.44. The predicted molar refractivity (Wildman–Crippen MR) is 156 cm³/mol. The number of aliphatic hydroxyl groups excluding tert-OH is 1. The quantitative estimate of drug-likeness (QED) is 0.301. The summed E-state index contributed by atoms with van der Waals surface area (Å²) in [6.07, 6.45) is 10.4. The summed E-state index contributed by atoms with van der Waals surface area (Å²) in [5, 5.41) is 21.2. The van der Waals surface area contributed by atoms with Gasteiger partial charge in [-0.2, -0.15) is 5.26 Å². The molecular weight excluding hydrogens is 486 g/mol. The van der Waals surface area contributed by atoms with Crippen molar-refractivity contribution in [3.63, 3.8) is 0 Å². The van der Waals surface area contributed by atoms with Crippen LogP contribution in [0.15, 0.2) is 11.6 Å². The number of aliphatic hydroxyl groups is 1. The van der Waals surface area contributed by atoms with E-state index in [0.717, 1.165) is 51.4 Å². The molecule has 0 amide bonds. The Kier molecular flexibility index (Phi) is 8.68. The first-order valence-electron chi connectivity index (χ1n) is 15.3. The average molecular weight is 542 g/mol. The zero-order chi connectivity index (χ0) is 29.7. The summed E-state index contributed by atoms with van der Waals surface area (Å²) in [5.74, 6) is 0.0840. The topological polar surface area (TPSA) is 87.4 Å². The van der Waals surface area contributed by atoms with Crippen LogP contribution in [0.25, 0.3) is 0 Å². The second kappa shape index (κ2) is 10.6. The number of Topliss-reactive ketones (excluding diaryl/α,β-unsaturated/α-hetero) is 1. The van der Waals surface area contributed by atoms with Crippen LogP contribution >= 0.6 is 0 Å². The van der Waals surface area contributed by atoms with Gasteiger partial charge in [0.1, 0.15) is 6.07 Å². The van der Waals surface area contributed by atoms with E-state index in [9.17, 15) is 20.0 Å².